The molecule has 2 atom stereocenters. The second-order valence-corrected chi connectivity index (χ2v) is 8.92. The largest absolute Gasteiger partial charge is 0.497 e. The van der Waals surface area contributed by atoms with E-state index in [2.05, 4.69) is 16.0 Å². The molecule has 3 N–H and O–H groups in total. The molecule has 2 aromatic heterocycles. The van der Waals surface area contributed by atoms with E-state index < -0.39 is 29.8 Å². The van der Waals surface area contributed by atoms with Crippen LogP contribution in [-0.2, 0) is 16.9 Å². The van der Waals surface area contributed by atoms with Gasteiger partial charge in [-0.2, -0.15) is 13.2 Å². The average molecular weight is 501 g/mol. The van der Waals surface area contributed by atoms with E-state index in [4.69, 9.17) is 10.5 Å². The number of aliphatic hydroxyl groups is 1. The Morgan fingerprint density at radius 2 is 2.06 bits per heavy atom. The summed E-state index contributed by atoms with van der Waals surface area (Å²) in [6.45, 7) is 3.40. The minimum Gasteiger partial charge on any atom is -0.497 e. The number of rotatable bonds is 7. The van der Waals surface area contributed by atoms with Crippen molar-refractivity contribution >= 4 is 16.8 Å². The SMILES string of the molecule is CCC(O)(c1cn(Cc2ccc3c(C4C=C(C)C(OC)=CC4)cc(C(N)=O)nc3c2)cn1)C(F)(F)F. The predicted octanol–water partition coefficient (Wildman–Crippen LogP) is 4.70. The minimum atomic E-state index is -4.85. The van der Waals surface area contributed by atoms with Crippen LogP contribution in [0.25, 0.3) is 10.9 Å². The van der Waals surface area contributed by atoms with Gasteiger partial charge in [-0.25, -0.2) is 9.97 Å². The van der Waals surface area contributed by atoms with E-state index in [-0.39, 0.29) is 18.2 Å². The summed E-state index contributed by atoms with van der Waals surface area (Å²) >= 11 is 0. The van der Waals surface area contributed by atoms with Crippen LogP contribution in [0.1, 0.15) is 59.9 Å². The summed E-state index contributed by atoms with van der Waals surface area (Å²) in [7, 11) is 1.62. The van der Waals surface area contributed by atoms with Gasteiger partial charge in [0.2, 0.25) is 5.60 Å². The van der Waals surface area contributed by atoms with Crippen molar-refractivity contribution in [3.8, 4) is 0 Å². The number of ether oxygens (including phenoxy) is 1. The number of fused-ring (bicyclic) bond motifs is 1. The lowest BCUT2D eigenvalue weighted by molar-refractivity contribution is -0.269. The Morgan fingerprint density at radius 3 is 2.67 bits per heavy atom. The van der Waals surface area contributed by atoms with E-state index in [1.54, 1.807) is 19.2 Å². The molecule has 0 aliphatic heterocycles. The lowest BCUT2D eigenvalue weighted by Crippen LogP contribution is -2.42. The van der Waals surface area contributed by atoms with Crippen LogP contribution < -0.4 is 5.73 Å². The fourth-order valence-corrected chi connectivity index (χ4v) is 4.54. The first-order valence-corrected chi connectivity index (χ1v) is 11.4. The number of carbonyl (C=O) groups is 1. The molecule has 0 bridgehead atoms. The molecule has 1 aliphatic rings. The fraction of sp³-hybridized carbons (Fsp3) is 0.346. The molecule has 0 saturated heterocycles. The highest BCUT2D eigenvalue weighted by molar-refractivity contribution is 5.95. The molecule has 7 nitrogen and oxygen atoms in total. The van der Waals surface area contributed by atoms with Gasteiger partial charge < -0.3 is 20.1 Å². The monoisotopic (exact) mass is 500 g/mol. The fourth-order valence-electron chi connectivity index (χ4n) is 4.54. The van der Waals surface area contributed by atoms with Crippen molar-refractivity contribution < 1.29 is 27.8 Å². The van der Waals surface area contributed by atoms with Gasteiger partial charge in [0.05, 0.1) is 24.6 Å². The summed E-state index contributed by atoms with van der Waals surface area (Å²) in [6, 6.07) is 7.21. The molecule has 2 unspecified atom stereocenters. The van der Waals surface area contributed by atoms with Gasteiger partial charge >= 0.3 is 6.18 Å². The Labute approximate surface area is 206 Å². The highest BCUT2D eigenvalue weighted by atomic mass is 19.4. The Bertz CT molecular complexity index is 1380. The molecule has 4 rings (SSSR count). The van der Waals surface area contributed by atoms with E-state index >= 15 is 0 Å². The third-order valence-corrected chi connectivity index (χ3v) is 6.58. The number of primary amides is 1. The van der Waals surface area contributed by atoms with Crippen molar-refractivity contribution in [3.63, 3.8) is 0 Å². The highest BCUT2D eigenvalue weighted by Gasteiger charge is 2.55. The van der Waals surface area contributed by atoms with Gasteiger partial charge in [0.25, 0.3) is 5.91 Å². The zero-order chi connectivity index (χ0) is 26.3. The van der Waals surface area contributed by atoms with Crippen LogP contribution in [0.4, 0.5) is 13.2 Å². The lowest BCUT2D eigenvalue weighted by atomic mass is 9.86. The molecule has 1 amide bonds. The van der Waals surface area contributed by atoms with Crippen LogP contribution in [0, 0.1) is 0 Å². The molecule has 0 saturated carbocycles. The molecule has 1 aliphatic carbocycles. The van der Waals surface area contributed by atoms with Gasteiger partial charge in [0.15, 0.2) is 0 Å². The van der Waals surface area contributed by atoms with E-state index in [0.29, 0.717) is 11.9 Å². The molecule has 0 radical (unpaired) electrons. The number of carbonyl (C=O) groups excluding carboxylic acids is 1. The van der Waals surface area contributed by atoms with E-state index in [1.807, 2.05) is 25.1 Å². The zero-order valence-corrected chi connectivity index (χ0v) is 20.1. The highest BCUT2D eigenvalue weighted by Crippen LogP contribution is 2.40. The first-order chi connectivity index (χ1) is 17.0. The number of alkyl halides is 3. The molecular weight excluding hydrogens is 473 g/mol. The van der Waals surface area contributed by atoms with Gasteiger partial charge in [-0.05, 0) is 54.7 Å². The van der Waals surface area contributed by atoms with Crippen molar-refractivity contribution in [1.29, 1.82) is 0 Å². The predicted molar refractivity (Wildman–Crippen MR) is 128 cm³/mol. The van der Waals surface area contributed by atoms with Crippen LogP contribution in [0.3, 0.4) is 0 Å². The Kier molecular flexibility index (Phi) is 6.66. The van der Waals surface area contributed by atoms with Crippen LogP contribution in [0.5, 0.6) is 0 Å². The molecule has 2 heterocycles. The third-order valence-electron chi connectivity index (χ3n) is 6.58. The van der Waals surface area contributed by atoms with Crippen LogP contribution >= 0.6 is 0 Å². The van der Waals surface area contributed by atoms with E-state index in [9.17, 15) is 23.1 Å². The van der Waals surface area contributed by atoms with Crippen molar-refractivity contribution in [2.24, 2.45) is 5.73 Å². The summed E-state index contributed by atoms with van der Waals surface area (Å²) in [6.07, 6.45) is 1.79. The zero-order valence-electron chi connectivity index (χ0n) is 20.1. The van der Waals surface area contributed by atoms with Gasteiger partial charge in [-0.15, -0.1) is 0 Å². The molecule has 190 valence electrons. The number of hydrogen-bond acceptors (Lipinski definition) is 5. The Morgan fingerprint density at radius 1 is 1.31 bits per heavy atom. The number of imidazole rings is 1. The van der Waals surface area contributed by atoms with Crippen molar-refractivity contribution in [2.75, 3.05) is 7.11 Å². The lowest BCUT2D eigenvalue weighted by Gasteiger charge is -2.27. The van der Waals surface area contributed by atoms with E-state index in [1.165, 1.54) is 24.0 Å². The number of benzene rings is 1. The van der Waals surface area contributed by atoms with Crippen LogP contribution in [-0.4, -0.2) is 38.8 Å². The van der Waals surface area contributed by atoms with Crippen LogP contribution in [0.2, 0.25) is 0 Å². The summed E-state index contributed by atoms with van der Waals surface area (Å²) in [5.74, 6) is 0.143. The average Bonchev–Trinajstić information content (AvgIpc) is 3.30. The Balaban J connectivity index is 1.70. The summed E-state index contributed by atoms with van der Waals surface area (Å²) in [5.41, 5.74) is 5.37. The Hall–Kier alpha value is -3.66. The standard InChI is InChI=1S/C26H27F3N4O3/c1-4-25(35,26(27,28)29)23-13-33(14-31-23)12-16-5-7-18-19(11-21(24(30)34)32-20(18)10-16)17-6-8-22(36-3)15(2)9-17/h5,7-11,13-14,17,35H,4,6,12H2,1-3H3,(H2,30,34). The number of aromatic nitrogens is 3. The molecule has 0 fully saturated rings. The summed E-state index contributed by atoms with van der Waals surface area (Å²) in [5, 5.41) is 11.0. The van der Waals surface area contributed by atoms with Gasteiger partial charge in [-0.1, -0.05) is 25.1 Å². The summed E-state index contributed by atoms with van der Waals surface area (Å²) < 4.78 is 47.0. The second-order valence-electron chi connectivity index (χ2n) is 8.92. The van der Waals surface area contributed by atoms with Gasteiger partial charge in [-0.3, -0.25) is 4.79 Å². The second kappa shape index (κ2) is 9.42. The molecule has 1 aromatic carbocycles. The molecule has 0 spiro atoms. The van der Waals surface area contributed by atoms with Crippen molar-refractivity contribution in [2.45, 2.75) is 50.9 Å². The smallest absolute Gasteiger partial charge is 0.423 e. The first-order valence-electron chi connectivity index (χ1n) is 11.4. The van der Waals surface area contributed by atoms with E-state index in [0.717, 1.165) is 27.8 Å². The normalized spacial score (nSPS) is 17.9. The molecular formula is C26H27F3N4O3. The van der Waals surface area contributed by atoms with Gasteiger partial charge in [0, 0.05) is 24.0 Å². The number of methoxy groups -OCH3 is 1. The first kappa shape index (κ1) is 25.4. The number of amides is 1. The molecule has 3 aromatic rings. The topological polar surface area (TPSA) is 103 Å². The molecule has 10 heteroatoms. The maximum atomic E-state index is 13.4. The number of nitrogens with zero attached hydrogens (tertiary/aromatic N) is 3. The third kappa shape index (κ3) is 4.60. The van der Waals surface area contributed by atoms with Crippen LogP contribution in [0.15, 0.2) is 60.3 Å². The number of pyridine rings is 1. The van der Waals surface area contributed by atoms with Gasteiger partial charge in [0.1, 0.15) is 11.5 Å². The number of nitrogens with two attached hydrogens (primary N) is 1. The maximum Gasteiger partial charge on any atom is 0.423 e. The number of hydrogen-bond donors (Lipinski definition) is 2. The minimum absolute atomic E-state index is 0.0105. The van der Waals surface area contributed by atoms with Crippen molar-refractivity contribution in [1.82, 2.24) is 14.5 Å². The van der Waals surface area contributed by atoms with Crippen molar-refractivity contribution in [3.05, 3.63) is 82.8 Å². The number of halogens is 3. The molecule has 36 heavy (non-hydrogen) atoms. The maximum absolute atomic E-state index is 13.4. The number of allylic oxidation sites excluding steroid dienone is 3. The quantitative estimate of drug-likeness (QED) is 0.489. The summed E-state index contributed by atoms with van der Waals surface area (Å²) in [4.78, 5) is 20.2.